The molecule has 100 valence electrons. The Balaban J connectivity index is 2.43. The van der Waals surface area contributed by atoms with Gasteiger partial charge < -0.3 is 9.84 Å². The van der Waals surface area contributed by atoms with Gasteiger partial charge in [0.2, 0.25) is 0 Å². The van der Waals surface area contributed by atoms with Gasteiger partial charge in [0.1, 0.15) is 17.7 Å². The van der Waals surface area contributed by atoms with E-state index >= 15 is 0 Å². The van der Waals surface area contributed by atoms with Gasteiger partial charge in [0, 0.05) is 16.1 Å². The Morgan fingerprint density at radius 1 is 1.16 bits per heavy atom. The maximum absolute atomic E-state index is 14.0. The second-order valence-corrected chi connectivity index (χ2v) is 5.21. The molecule has 0 bridgehead atoms. The van der Waals surface area contributed by atoms with Gasteiger partial charge in [-0.05, 0) is 42.3 Å². The summed E-state index contributed by atoms with van der Waals surface area (Å²) in [6.45, 7) is 1.88. The van der Waals surface area contributed by atoms with Gasteiger partial charge in [-0.1, -0.05) is 22.0 Å². The van der Waals surface area contributed by atoms with Crippen molar-refractivity contribution in [1.29, 1.82) is 0 Å². The van der Waals surface area contributed by atoms with Crippen LogP contribution in [0.25, 0.3) is 0 Å². The number of ether oxygens (including phenoxy) is 1. The minimum absolute atomic E-state index is 0.238. The molecule has 2 nitrogen and oxygen atoms in total. The van der Waals surface area contributed by atoms with Crippen molar-refractivity contribution in [3.63, 3.8) is 0 Å². The summed E-state index contributed by atoms with van der Waals surface area (Å²) >= 11 is 3.35. The van der Waals surface area contributed by atoms with Crippen LogP contribution in [0.15, 0.2) is 40.9 Å². The zero-order chi connectivity index (χ0) is 14.0. The zero-order valence-corrected chi connectivity index (χ0v) is 12.2. The summed E-state index contributed by atoms with van der Waals surface area (Å²) in [5.41, 5.74) is 1.83. The van der Waals surface area contributed by atoms with Gasteiger partial charge in [0.05, 0.1) is 7.11 Å². The summed E-state index contributed by atoms with van der Waals surface area (Å²) in [7, 11) is 1.48. The molecule has 0 aromatic heterocycles. The first-order valence-electron chi connectivity index (χ1n) is 5.80. The Hall–Kier alpha value is -1.39. The topological polar surface area (TPSA) is 29.5 Å². The second-order valence-electron chi connectivity index (χ2n) is 4.29. The molecule has 4 heteroatoms. The van der Waals surface area contributed by atoms with Gasteiger partial charge in [-0.2, -0.15) is 0 Å². The Bertz CT molecular complexity index is 599. The summed E-state index contributed by atoms with van der Waals surface area (Å²) < 4.78 is 19.8. The van der Waals surface area contributed by atoms with Crippen LogP contribution in [0.2, 0.25) is 0 Å². The molecule has 0 saturated carbocycles. The maximum Gasteiger partial charge on any atom is 0.133 e. The standard InChI is InChI=1S/C15H14BrFO2/c1-9-3-4-10(16)7-13(9)15(18)12-6-5-11(19-2)8-14(12)17/h3-8,15,18H,1-2H3. The number of hydrogen-bond donors (Lipinski definition) is 1. The number of benzene rings is 2. The predicted octanol–water partition coefficient (Wildman–Crippen LogP) is 3.99. The quantitative estimate of drug-likeness (QED) is 0.925. The van der Waals surface area contributed by atoms with Crippen molar-refractivity contribution in [3.8, 4) is 5.75 Å². The number of aryl methyl sites for hydroxylation is 1. The van der Waals surface area contributed by atoms with E-state index < -0.39 is 11.9 Å². The van der Waals surface area contributed by atoms with Gasteiger partial charge >= 0.3 is 0 Å². The first-order chi connectivity index (χ1) is 9.02. The fraction of sp³-hybridized carbons (Fsp3) is 0.200. The van der Waals surface area contributed by atoms with E-state index in [0.717, 1.165) is 10.0 Å². The number of rotatable bonds is 3. The molecule has 2 aromatic rings. The van der Waals surface area contributed by atoms with Crippen molar-refractivity contribution in [2.24, 2.45) is 0 Å². The average molecular weight is 325 g/mol. The van der Waals surface area contributed by atoms with E-state index in [9.17, 15) is 9.50 Å². The number of aliphatic hydroxyl groups excluding tert-OH is 1. The lowest BCUT2D eigenvalue weighted by Gasteiger charge is -2.16. The van der Waals surface area contributed by atoms with Gasteiger partial charge in [-0.15, -0.1) is 0 Å². The van der Waals surface area contributed by atoms with Crippen molar-refractivity contribution in [2.75, 3.05) is 7.11 Å². The zero-order valence-electron chi connectivity index (χ0n) is 10.7. The molecule has 0 saturated heterocycles. The molecule has 2 aromatic carbocycles. The van der Waals surface area contributed by atoms with E-state index in [1.54, 1.807) is 18.2 Å². The third-order valence-corrected chi connectivity index (χ3v) is 3.53. The summed E-state index contributed by atoms with van der Waals surface area (Å²) in [5.74, 6) is -0.0503. The SMILES string of the molecule is COc1ccc(C(O)c2cc(Br)ccc2C)c(F)c1. The van der Waals surface area contributed by atoms with E-state index in [1.165, 1.54) is 13.2 Å². The maximum atomic E-state index is 14.0. The highest BCUT2D eigenvalue weighted by molar-refractivity contribution is 9.10. The minimum atomic E-state index is -0.997. The van der Waals surface area contributed by atoms with Crippen LogP contribution in [-0.4, -0.2) is 12.2 Å². The largest absolute Gasteiger partial charge is 0.497 e. The van der Waals surface area contributed by atoms with Crippen molar-refractivity contribution >= 4 is 15.9 Å². The lowest BCUT2D eigenvalue weighted by Crippen LogP contribution is -2.05. The predicted molar refractivity (Wildman–Crippen MR) is 75.9 cm³/mol. The summed E-state index contributed by atoms with van der Waals surface area (Å²) in [6.07, 6.45) is -0.997. The first kappa shape index (κ1) is 14.0. The van der Waals surface area contributed by atoms with Gasteiger partial charge in [-0.3, -0.25) is 0 Å². The molecule has 0 heterocycles. The molecule has 2 rings (SSSR count). The lowest BCUT2D eigenvalue weighted by molar-refractivity contribution is 0.214. The summed E-state index contributed by atoms with van der Waals surface area (Å²) in [6, 6.07) is 10.0. The van der Waals surface area contributed by atoms with Crippen LogP contribution in [0, 0.1) is 12.7 Å². The third kappa shape index (κ3) is 2.96. The molecule has 1 unspecified atom stereocenters. The van der Waals surface area contributed by atoms with Gasteiger partial charge in [-0.25, -0.2) is 4.39 Å². The van der Waals surface area contributed by atoms with E-state index in [1.807, 2.05) is 19.1 Å². The molecular formula is C15H14BrFO2. The van der Waals surface area contributed by atoms with Gasteiger partial charge in [0.25, 0.3) is 0 Å². The van der Waals surface area contributed by atoms with Crippen molar-refractivity contribution in [1.82, 2.24) is 0 Å². The van der Waals surface area contributed by atoms with Crippen LogP contribution in [0.1, 0.15) is 22.8 Å². The molecule has 1 N–H and O–H groups in total. The molecule has 0 aliphatic heterocycles. The second kappa shape index (κ2) is 5.72. The van der Waals surface area contributed by atoms with Gasteiger partial charge in [0.15, 0.2) is 0 Å². The van der Waals surface area contributed by atoms with E-state index in [0.29, 0.717) is 11.3 Å². The lowest BCUT2D eigenvalue weighted by atomic mass is 9.97. The summed E-state index contributed by atoms with van der Waals surface area (Å²) in [5, 5.41) is 10.3. The molecular weight excluding hydrogens is 311 g/mol. The molecule has 1 atom stereocenters. The molecule has 0 aliphatic carbocycles. The van der Waals surface area contributed by atoms with E-state index in [4.69, 9.17) is 4.74 Å². The van der Waals surface area contributed by atoms with Crippen LogP contribution in [-0.2, 0) is 0 Å². The number of methoxy groups -OCH3 is 1. The van der Waals surface area contributed by atoms with Crippen LogP contribution in [0.5, 0.6) is 5.75 Å². The Morgan fingerprint density at radius 3 is 2.53 bits per heavy atom. The highest BCUT2D eigenvalue weighted by Crippen LogP contribution is 2.30. The number of halogens is 2. The van der Waals surface area contributed by atoms with Crippen molar-refractivity contribution in [2.45, 2.75) is 13.0 Å². The molecule has 0 fully saturated rings. The monoisotopic (exact) mass is 324 g/mol. The number of hydrogen-bond acceptors (Lipinski definition) is 2. The highest BCUT2D eigenvalue weighted by Gasteiger charge is 2.17. The highest BCUT2D eigenvalue weighted by atomic mass is 79.9. The van der Waals surface area contributed by atoms with Crippen LogP contribution in [0.3, 0.4) is 0 Å². The van der Waals surface area contributed by atoms with Crippen molar-refractivity contribution in [3.05, 3.63) is 63.4 Å². The molecule has 0 aliphatic rings. The molecule has 0 spiro atoms. The third-order valence-electron chi connectivity index (χ3n) is 3.04. The molecule has 19 heavy (non-hydrogen) atoms. The van der Waals surface area contributed by atoms with E-state index in [-0.39, 0.29) is 5.56 Å². The Labute approximate surface area is 120 Å². The molecule has 0 radical (unpaired) electrons. The smallest absolute Gasteiger partial charge is 0.133 e. The fourth-order valence-electron chi connectivity index (χ4n) is 1.93. The van der Waals surface area contributed by atoms with Crippen LogP contribution >= 0.6 is 15.9 Å². The summed E-state index contributed by atoms with van der Waals surface area (Å²) in [4.78, 5) is 0. The minimum Gasteiger partial charge on any atom is -0.497 e. The normalized spacial score (nSPS) is 12.3. The van der Waals surface area contributed by atoms with Crippen LogP contribution in [0.4, 0.5) is 4.39 Å². The van der Waals surface area contributed by atoms with Crippen molar-refractivity contribution < 1.29 is 14.2 Å². The Morgan fingerprint density at radius 2 is 1.89 bits per heavy atom. The molecule has 0 amide bonds. The Kier molecular flexibility index (Phi) is 4.22. The number of aliphatic hydroxyl groups is 1. The average Bonchev–Trinajstić information content (AvgIpc) is 2.40. The fourth-order valence-corrected chi connectivity index (χ4v) is 2.31. The van der Waals surface area contributed by atoms with E-state index in [2.05, 4.69) is 15.9 Å². The first-order valence-corrected chi connectivity index (χ1v) is 6.59. The van der Waals surface area contributed by atoms with Crippen LogP contribution < -0.4 is 4.74 Å².